The van der Waals surface area contributed by atoms with Gasteiger partial charge in [-0.2, -0.15) is 0 Å². The minimum atomic E-state index is -0.301. The normalized spacial score (nSPS) is 19.1. The van der Waals surface area contributed by atoms with Crippen LogP contribution in [0.15, 0.2) is 0 Å². The number of hydrogen-bond donors (Lipinski definition) is 0. The van der Waals surface area contributed by atoms with Crippen LogP contribution in [-0.4, -0.2) is 25.2 Å². The van der Waals surface area contributed by atoms with Gasteiger partial charge < -0.3 is 9.47 Å². The van der Waals surface area contributed by atoms with Crippen LogP contribution in [0.3, 0.4) is 0 Å². The van der Waals surface area contributed by atoms with Gasteiger partial charge in [0.25, 0.3) is 0 Å². The highest BCUT2D eigenvalue weighted by Gasteiger charge is 2.37. The third-order valence-electron chi connectivity index (χ3n) is 6.11. The Hall–Kier alpha value is -1.06. The van der Waals surface area contributed by atoms with Gasteiger partial charge in [-0.3, -0.25) is 9.59 Å². The van der Waals surface area contributed by atoms with Gasteiger partial charge in [-0.15, -0.1) is 0 Å². The molecule has 1 aliphatic carbocycles. The van der Waals surface area contributed by atoms with E-state index in [4.69, 9.17) is 9.47 Å². The van der Waals surface area contributed by atoms with Crippen molar-refractivity contribution >= 4 is 11.9 Å². The summed E-state index contributed by atoms with van der Waals surface area (Å²) in [6.45, 7) is 5.41. The molecule has 2 unspecified atom stereocenters. The molecule has 0 aliphatic heterocycles. The summed E-state index contributed by atoms with van der Waals surface area (Å²) in [6.07, 6.45) is 19.0. The van der Waals surface area contributed by atoms with Crippen molar-refractivity contribution in [1.82, 2.24) is 0 Å². The van der Waals surface area contributed by atoms with Crippen LogP contribution in [0.5, 0.6) is 0 Å². The van der Waals surface area contributed by atoms with Crippen LogP contribution in [0, 0.1) is 11.8 Å². The number of ether oxygens (including phenoxy) is 2. The quantitative estimate of drug-likeness (QED) is 0.191. The SMILES string of the molecule is CCCCCCCCCOC(=O)C1CCCCC1C(=O)OCCCCCCCC. The lowest BCUT2D eigenvalue weighted by Gasteiger charge is -2.28. The van der Waals surface area contributed by atoms with Crippen molar-refractivity contribution in [2.24, 2.45) is 11.8 Å². The molecule has 170 valence electrons. The van der Waals surface area contributed by atoms with Crippen LogP contribution in [0.4, 0.5) is 0 Å². The zero-order valence-corrected chi connectivity index (χ0v) is 19.2. The molecule has 1 rings (SSSR count). The van der Waals surface area contributed by atoms with Crippen LogP contribution in [0.1, 0.15) is 123 Å². The summed E-state index contributed by atoms with van der Waals surface area (Å²) in [6, 6.07) is 0. The predicted molar refractivity (Wildman–Crippen MR) is 119 cm³/mol. The van der Waals surface area contributed by atoms with E-state index in [1.807, 2.05) is 0 Å². The summed E-state index contributed by atoms with van der Waals surface area (Å²) in [5, 5.41) is 0. The summed E-state index contributed by atoms with van der Waals surface area (Å²) < 4.78 is 11.0. The fraction of sp³-hybridized carbons (Fsp3) is 0.920. The molecule has 0 N–H and O–H groups in total. The molecule has 0 bridgehead atoms. The summed E-state index contributed by atoms with van der Waals surface area (Å²) in [7, 11) is 0. The first-order valence-electron chi connectivity index (χ1n) is 12.5. The predicted octanol–water partition coefficient (Wildman–Crippen LogP) is 6.99. The molecular weight excluding hydrogens is 364 g/mol. The molecule has 0 aromatic heterocycles. The molecule has 1 saturated carbocycles. The Morgan fingerprint density at radius 2 is 0.931 bits per heavy atom. The monoisotopic (exact) mass is 410 g/mol. The second-order valence-electron chi connectivity index (χ2n) is 8.72. The van der Waals surface area contributed by atoms with Crippen LogP contribution < -0.4 is 0 Å². The van der Waals surface area contributed by atoms with Gasteiger partial charge in [0, 0.05) is 0 Å². The third-order valence-corrected chi connectivity index (χ3v) is 6.11. The van der Waals surface area contributed by atoms with Crippen LogP contribution >= 0.6 is 0 Å². The largest absolute Gasteiger partial charge is 0.465 e. The van der Waals surface area contributed by atoms with Gasteiger partial charge in [0.05, 0.1) is 25.0 Å². The van der Waals surface area contributed by atoms with E-state index in [-0.39, 0.29) is 23.8 Å². The summed E-state index contributed by atoms with van der Waals surface area (Å²) >= 11 is 0. The fourth-order valence-corrected chi connectivity index (χ4v) is 4.20. The Morgan fingerprint density at radius 1 is 0.586 bits per heavy atom. The van der Waals surface area contributed by atoms with Crippen molar-refractivity contribution in [1.29, 1.82) is 0 Å². The van der Waals surface area contributed by atoms with Gasteiger partial charge >= 0.3 is 11.9 Å². The Balaban J connectivity index is 2.21. The molecule has 0 aromatic rings. The second kappa shape index (κ2) is 17.8. The Morgan fingerprint density at radius 3 is 1.31 bits per heavy atom. The number of carbonyl (C=O) groups is 2. The molecular formula is C25H46O4. The lowest BCUT2D eigenvalue weighted by atomic mass is 9.79. The van der Waals surface area contributed by atoms with E-state index in [2.05, 4.69) is 13.8 Å². The molecule has 2 atom stereocenters. The van der Waals surface area contributed by atoms with E-state index < -0.39 is 0 Å². The summed E-state index contributed by atoms with van der Waals surface area (Å²) in [5.74, 6) is -0.968. The van der Waals surface area contributed by atoms with Gasteiger partial charge in [0.1, 0.15) is 0 Å². The Kier molecular flexibility index (Phi) is 15.9. The zero-order valence-electron chi connectivity index (χ0n) is 19.2. The van der Waals surface area contributed by atoms with Gasteiger partial charge in [-0.05, 0) is 25.7 Å². The van der Waals surface area contributed by atoms with Crippen LogP contribution in [0.25, 0.3) is 0 Å². The van der Waals surface area contributed by atoms with Crippen LogP contribution in [0.2, 0.25) is 0 Å². The molecule has 0 amide bonds. The molecule has 1 fully saturated rings. The van der Waals surface area contributed by atoms with Crippen molar-refractivity contribution in [3.8, 4) is 0 Å². The number of carbonyl (C=O) groups excluding carboxylic acids is 2. The first kappa shape index (κ1) is 26.0. The Labute approximate surface area is 179 Å². The first-order chi connectivity index (χ1) is 14.2. The zero-order chi connectivity index (χ0) is 21.2. The molecule has 0 radical (unpaired) electrons. The molecule has 4 heteroatoms. The first-order valence-corrected chi connectivity index (χ1v) is 12.5. The number of rotatable bonds is 17. The van der Waals surface area contributed by atoms with Crippen LogP contribution in [-0.2, 0) is 19.1 Å². The van der Waals surface area contributed by atoms with E-state index in [0.29, 0.717) is 13.2 Å². The minimum Gasteiger partial charge on any atom is -0.465 e. The molecule has 0 aromatic carbocycles. The van der Waals surface area contributed by atoms with E-state index in [9.17, 15) is 9.59 Å². The number of hydrogen-bond acceptors (Lipinski definition) is 4. The average Bonchev–Trinajstić information content (AvgIpc) is 2.74. The van der Waals surface area contributed by atoms with Crippen molar-refractivity contribution in [3.05, 3.63) is 0 Å². The number of esters is 2. The highest BCUT2D eigenvalue weighted by molar-refractivity contribution is 5.82. The molecule has 0 heterocycles. The van der Waals surface area contributed by atoms with Gasteiger partial charge in [-0.1, -0.05) is 97.3 Å². The van der Waals surface area contributed by atoms with Gasteiger partial charge in [0.2, 0.25) is 0 Å². The maximum Gasteiger partial charge on any atom is 0.309 e. The minimum absolute atomic E-state index is 0.183. The van der Waals surface area contributed by atoms with Gasteiger partial charge in [0.15, 0.2) is 0 Å². The lowest BCUT2D eigenvalue weighted by Crippen LogP contribution is -2.35. The molecule has 4 nitrogen and oxygen atoms in total. The molecule has 0 saturated heterocycles. The standard InChI is InChI=1S/C25H46O4/c1-3-5-7-9-11-13-17-21-29-25(27)23-19-15-14-18-22(23)24(26)28-20-16-12-10-8-6-4-2/h22-23H,3-21H2,1-2H3. The van der Waals surface area contributed by atoms with Crippen molar-refractivity contribution in [2.45, 2.75) is 123 Å². The van der Waals surface area contributed by atoms with E-state index in [0.717, 1.165) is 51.4 Å². The van der Waals surface area contributed by atoms with Crippen molar-refractivity contribution < 1.29 is 19.1 Å². The molecule has 1 aliphatic rings. The van der Waals surface area contributed by atoms with E-state index in [1.165, 1.54) is 57.8 Å². The number of unbranched alkanes of at least 4 members (excludes halogenated alkanes) is 11. The van der Waals surface area contributed by atoms with E-state index >= 15 is 0 Å². The molecule has 29 heavy (non-hydrogen) atoms. The maximum atomic E-state index is 12.5. The molecule has 0 spiro atoms. The highest BCUT2D eigenvalue weighted by atomic mass is 16.5. The summed E-state index contributed by atoms with van der Waals surface area (Å²) in [5.41, 5.74) is 0. The third kappa shape index (κ3) is 12.3. The lowest BCUT2D eigenvalue weighted by molar-refractivity contribution is -0.163. The topological polar surface area (TPSA) is 52.6 Å². The highest BCUT2D eigenvalue weighted by Crippen LogP contribution is 2.32. The Bertz CT molecular complexity index is 421. The smallest absolute Gasteiger partial charge is 0.309 e. The second-order valence-corrected chi connectivity index (χ2v) is 8.72. The average molecular weight is 411 g/mol. The van der Waals surface area contributed by atoms with Crippen molar-refractivity contribution in [2.75, 3.05) is 13.2 Å². The van der Waals surface area contributed by atoms with Crippen molar-refractivity contribution in [3.63, 3.8) is 0 Å². The van der Waals surface area contributed by atoms with E-state index in [1.54, 1.807) is 0 Å². The maximum absolute atomic E-state index is 12.5. The fourth-order valence-electron chi connectivity index (χ4n) is 4.20. The van der Waals surface area contributed by atoms with Gasteiger partial charge in [-0.25, -0.2) is 0 Å². The summed E-state index contributed by atoms with van der Waals surface area (Å²) in [4.78, 5) is 25.1.